The highest BCUT2D eigenvalue weighted by molar-refractivity contribution is 5.10. The van der Waals surface area contributed by atoms with E-state index in [0.29, 0.717) is 17.4 Å². The van der Waals surface area contributed by atoms with Gasteiger partial charge < -0.3 is 15.5 Å². The molecule has 1 heterocycles. The zero-order valence-corrected chi connectivity index (χ0v) is 11.0. The second-order valence-electron chi connectivity index (χ2n) is 5.17. The Morgan fingerprint density at radius 3 is 2.78 bits per heavy atom. The first-order chi connectivity index (χ1) is 8.59. The van der Waals surface area contributed by atoms with Crippen LogP contribution < -0.4 is 11.3 Å². The van der Waals surface area contributed by atoms with Gasteiger partial charge in [-0.15, -0.1) is 0 Å². The molecule has 5 nitrogen and oxygen atoms in total. The summed E-state index contributed by atoms with van der Waals surface area (Å²) in [5.74, 6) is 1.34. The molecule has 0 radical (unpaired) electrons. The van der Waals surface area contributed by atoms with E-state index in [0.717, 1.165) is 25.7 Å². The van der Waals surface area contributed by atoms with Crippen LogP contribution in [0.15, 0.2) is 10.9 Å². The van der Waals surface area contributed by atoms with Gasteiger partial charge in [0.1, 0.15) is 11.4 Å². The highest BCUT2D eigenvalue weighted by Crippen LogP contribution is 2.40. The third kappa shape index (κ3) is 2.47. The standard InChI is InChI=1S/C13H21N3O2/c1-9-3-5-13(18-2,6-4-9)12-15-10(8-14)7-11(17)16-12/h7,9H,3-6,8,14H2,1-2H3,(H,15,16,17). The maximum Gasteiger partial charge on any atom is 0.251 e. The summed E-state index contributed by atoms with van der Waals surface area (Å²) >= 11 is 0. The molecule has 0 aromatic carbocycles. The lowest BCUT2D eigenvalue weighted by atomic mass is 9.79. The van der Waals surface area contributed by atoms with E-state index in [-0.39, 0.29) is 12.1 Å². The molecular weight excluding hydrogens is 230 g/mol. The summed E-state index contributed by atoms with van der Waals surface area (Å²) in [6, 6.07) is 1.44. The first-order valence-corrected chi connectivity index (χ1v) is 6.45. The highest BCUT2D eigenvalue weighted by Gasteiger charge is 2.38. The highest BCUT2D eigenvalue weighted by atomic mass is 16.5. The molecule has 0 saturated heterocycles. The van der Waals surface area contributed by atoms with Crippen molar-refractivity contribution < 1.29 is 4.74 Å². The third-order valence-electron chi connectivity index (χ3n) is 3.91. The Bertz CT molecular complexity index is 462. The number of aromatic nitrogens is 2. The molecule has 0 bridgehead atoms. The van der Waals surface area contributed by atoms with Crippen LogP contribution in [0.3, 0.4) is 0 Å². The number of methoxy groups -OCH3 is 1. The molecule has 100 valence electrons. The molecule has 0 unspecified atom stereocenters. The van der Waals surface area contributed by atoms with Crippen molar-refractivity contribution in [2.45, 2.75) is 44.8 Å². The van der Waals surface area contributed by atoms with Gasteiger partial charge >= 0.3 is 0 Å². The van der Waals surface area contributed by atoms with Gasteiger partial charge in [-0.25, -0.2) is 4.98 Å². The number of nitrogens with two attached hydrogens (primary N) is 1. The van der Waals surface area contributed by atoms with Gasteiger partial charge in [-0.3, -0.25) is 4.79 Å². The minimum atomic E-state index is -0.448. The Balaban J connectivity index is 2.38. The van der Waals surface area contributed by atoms with E-state index >= 15 is 0 Å². The SMILES string of the molecule is COC1(c2nc(CN)cc(=O)[nH]2)CCC(C)CC1. The van der Waals surface area contributed by atoms with Crippen LogP contribution in [0, 0.1) is 5.92 Å². The molecule has 2 rings (SSSR count). The molecule has 3 N–H and O–H groups in total. The van der Waals surface area contributed by atoms with Gasteiger partial charge in [0.25, 0.3) is 5.56 Å². The number of aromatic amines is 1. The number of hydrogen-bond donors (Lipinski definition) is 2. The van der Waals surface area contributed by atoms with E-state index in [1.807, 2.05) is 0 Å². The number of H-pyrrole nitrogens is 1. The summed E-state index contributed by atoms with van der Waals surface area (Å²) < 4.78 is 5.69. The van der Waals surface area contributed by atoms with Crippen molar-refractivity contribution in [2.24, 2.45) is 11.7 Å². The minimum Gasteiger partial charge on any atom is -0.370 e. The van der Waals surface area contributed by atoms with Crippen LogP contribution in [0.5, 0.6) is 0 Å². The molecule has 0 aliphatic heterocycles. The second-order valence-corrected chi connectivity index (χ2v) is 5.17. The summed E-state index contributed by atoms with van der Waals surface area (Å²) in [5.41, 5.74) is 5.58. The summed E-state index contributed by atoms with van der Waals surface area (Å²) in [5, 5.41) is 0. The minimum absolute atomic E-state index is 0.157. The van der Waals surface area contributed by atoms with Crippen LogP contribution in [0.4, 0.5) is 0 Å². The van der Waals surface area contributed by atoms with Crippen molar-refractivity contribution in [1.29, 1.82) is 0 Å². The van der Waals surface area contributed by atoms with E-state index < -0.39 is 5.60 Å². The first kappa shape index (κ1) is 13.2. The first-order valence-electron chi connectivity index (χ1n) is 6.45. The normalized spacial score (nSPS) is 28.3. The monoisotopic (exact) mass is 251 g/mol. The molecule has 1 aromatic heterocycles. The van der Waals surface area contributed by atoms with E-state index in [1.165, 1.54) is 6.07 Å². The largest absolute Gasteiger partial charge is 0.370 e. The van der Waals surface area contributed by atoms with Gasteiger partial charge in [0.2, 0.25) is 0 Å². The number of rotatable bonds is 3. The molecular formula is C13H21N3O2. The molecule has 18 heavy (non-hydrogen) atoms. The Morgan fingerprint density at radius 2 is 2.22 bits per heavy atom. The Kier molecular flexibility index (Phi) is 3.82. The lowest BCUT2D eigenvalue weighted by Crippen LogP contribution is -2.37. The maximum atomic E-state index is 11.6. The topological polar surface area (TPSA) is 81.0 Å². The number of nitrogens with one attached hydrogen (secondary N) is 1. The Morgan fingerprint density at radius 1 is 1.56 bits per heavy atom. The lowest BCUT2D eigenvalue weighted by molar-refractivity contribution is -0.0600. The number of nitrogens with zero attached hydrogens (tertiary/aromatic N) is 1. The molecule has 1 aromatic rings. The van der Waals surface area contributed by atoms with Crippen LogP contribution in [0.2, 0.25) is 0 Å². The second kappa shape index (κ2) is 5.20. The molecule has 5 heteroatoms. The van der Waals surface area contributed by atoms with Crippen molar-refractivity contribution in [3.8, 4) is 0 Å². The molecule has 1 aliphatic rings. The quantitative estimate of drug-likeness (QED) is 0.848. The average Bonchev–Trinajstić information content (AvgIpc) is 2.39. The molecule has 1 fully saturated rings. The fourth-order valence-corrected chi connectivity index (χ4v) is 2.59. The van der Waals surface area contributed by atoms with E-state index in [2.05, 4.69) is 16.9 Å². The summed E-state index contributed by atoms with van der Waals surface area (Å²) in [4.78, 5) is 18.9. The summed E-state index contributed by atoms with van der Waals surface area (Å²) in [7, 11) is 1.69. The van der Waals surface area contributed by atoms with Crippen LogP contribution in [-0.2, 0) is 16.9 Å². The molecule has 0 atom stereocenters. The summed E-state index contributed by atoms with van der Waals surface area (Å²) in [6.45, 7) is 2.51. The van der Waals surface area contributed by atoms with Crippen molar-refractivity contribution in [1.82, 2.24) is 9.97 Å². The van der Waals surface area contributed by atoms with Crippen molar-refractivity contribution in [2.75, 3.05) is 7.11 Å². The zero-order chi connectivity index (χ0) is 13.2. The molecule has 1 saturated carbocycles. The Hall–Kier alpha value is -1.20. The van der Waals surface area contributed by atoms with E-state index in [4.69, 9.17) is 10.5 Å². The van der Waals surface area contributed by atoms with Gasteiger partial charge in [0.05, 0.1) is 5.69 Å². The Labute approximate surface area is 107 Å². The number of ether oxygens (including phenoxy) is 1. The predicted molar refractivity (Wildman–Crippen MR) is 69.1 cm³/mol. The zero-order valence-electron chi connectivity index (χ0n) is 11.0. The van der Waals surface area contributed by atoms with Gasteiger partial charge in [-0.05, 0) is 31.6 Å². The smallest absolute Gasteiger partial charge is 0.251 e. The van der Waals surface area contributed by atoms with Gasteiger partial charge in [0, 0.05) is 19.7 Å². The molecule has 0 amide bonds. The van der Waals surface area contributed by atoms with E-state index in [1.54, 1.807) is 7.11 Å². The van der Waals surface area contributed by atoms with Crippen LogP contribution >= 0.6 is 0 Å². The molecule has 0 spiro atoms. The van der Waals surface area contributed by atoms with Crippen molar-refractivity contribution in [3.05, 3.63) is 27.9 Å². The van der Waals surface area contributed by atoms with Crippen LogP contribution in [0.25, 0.3) is 0 Å². The van der Waals surface area contributed by atoms with E-state index in [9.17, 15) is 4.79 Å². The van der Waals surface area contributed by atoms with Gasteiger partial charge in [-0.2, -0.15) is 0 Å². The van der Waals surface area contributed by atoms with Crippen LogP contribution in [0.1, 0.15) is 44.1 Å². The fraction of sp³-hybridized carbons (Fsp3) is 0.692. The fourth-order valence-electron chi connectivity index (χ4n) is 2.59. The van der Waals surface area contributed by atoms with Crippen molar-refractivity contribution >= 4 is 0 Å². The predicted octanol–water partition coefficient (Wildman–Crippen LogP) is 1.28. The average molecular weight is 251 g/mol. The van der Waals surface area contributed by atoms with Crippen LogP contribution in [-0.4, -0.2) is 17.1 Å². The van der Waals surface area contributed by atoms with Crippen molar-refractivity contribution in [3.63, 3.8) is 0 Å². The van der Waals surface area contributed by atoms with Gasteiger partial charge in [-0.1, -0.05) is 6.92 Å². The third-order valence-corrected chi connectivity index (χ3v) is 3.91. The maximum absolute atomic E-state index is 11.6. The summed E-state index contributed by atoms with van der Waals surface area (Å²) in [6.07, 6.45) is 3.96. The number of hydrogen-bond acceptors (Lipinski definition) is 4. The lowest BCUT2D eigenvalue weighted by Gasteiger charge is -2.37. The molecule has 1 aliphatic carbocycles. The van der Waals surface area contributed by atoms with Gasteiger partial charge in [0.15, 0.2) is 0 Å².